The van der Waals surface area contributed by atoms with E-state index in [2.05, 4.69) is 25.7 Å². The van der Waals surface area contributed by atoms with Gasteiger partial charge in [-0.15, -0.1) is 0 Å². The third kappa shape index (κ3) is 4.92. The molecule has 3 aliphatic rings. The second-order valence-corrected chi connectivity index (χ2v) is 10.0. The number of piperidine rings is 1. The molecule has 0 aromatic carbocycles. The van der Waals surface area contributed by atoms with Crippen molar-refractivity contribution >= 4 is 35.1 Å². The molecule has 0 bridgehead atoms. The average molecular weight is 460 g/mol. The van der Waals surface area contributed by atoms with Crippen LogP contribution in [0.4, 0.5) is 22.2 Å². The van der Waals surface area contributed by atoms with Crippen molar-refractivity contribution in [1.82, 2.24) is 24.6 Å². The van der Waals surface area contributed by atoms with Crippen molar-refractivity contribution in [1.29, 1.82) is 0 Å². The minimum atomic E-state index is -0.798. The van der Waals surface area contributed by atoms with Gasteiger partial charge in [-0.3, -0.25) is 4.68 Å². The van der Waals surface area contributed by atoms with Gasteiger partial charge in [-0.05, 0) is 62.7 Å². The molecule has 0 radical (unpaired) electrons. The molecule has 1 saturated heterocycles. The zero-order valence-corrected chi connectivity index (χ0v) is 18.9. The lowest BCUT2D eigenvalue weighted by Gasteiger charge is -2.45. The van der Waals surface area contributed by atoms with Crippen LogP contribution in [0, 0.1) is 11.3 Å². The Labute approximate surface area is 192 Å². The third-order valence-electron chi connectivity index (χ3n) is 7.26. The van der Waals surface area contributed by atoms with E-state index in [9.17, 15) is 9.90 Å². The largest absolute Gasteiger partial charge is 0.465 e. The Bertz CT molecular complexity index is 959. The Balaban J connectivity index is 1.16. The number of amides is 1. The summed E-state index contributed by atoms with van der Waals surface area (Å²) in [5.74, 6) is 1.91. The number of carbonyl (C=O) groups is 1. The van der Waals surface area contributed by atoms with Crippen molar-refractivity contribution in [2.75, 3.05) is 23.7 Å². The number of hydrogen-bond donors (Lipinski definition) is 3. The maximum absolute atomic E-state index is 11.2. The van der Waals surface area contributed by atoms with Gasteiger partial charge in [0.05, 0.1) is 18.1 Å². The summed E-state index contributed by atoms with van der Waals surface area (Å²) >= 11 is 6.38. The lowest BCUT2D eigenvalue weighted by Crippen LogP contribution is -2.45. The summed E-state index contributed by atoms with van der Waals surface area (Å²) in [5.41, 5.74) is 1.15. The maximum atomic E-state index is 11.2. The molecule has 0 unspecified atom stereocenters. The van der Waals surface area contributed by atoms with Gasteiger partial charge >= 0.3 is 6.09 Å². The number of likely N-dealkylation sites (tertiary alicyclic amines) is 1. The highest BCUT2D eigenvalue weighted by Crippen LogP contribution is 2.45. The summed E-state index contributed by atoms with van der Waals surface area (Å²) in [6, 6.07) is 0.305. The molecule has 2 aliphatic carbocycles. The predicted molar refractivity (Wildman–Crippen MR) is 122 cm³/mol. The van der Waals surface area contributed by atoms with Crippen LogP contribution in [0.1, 0.15) is 51.4 Å². The lowest BCUT2D eigenvalue weighted by molar-refractivity contribution is 0.0620. The molecule has 2 aromatic rings. The molecule has 3 heterocycles. The molecule has 1 aliphatic heterocycles. The van der Waals surface area contributed by atoms with Gasteiger partial charge in [-0.1, -0.05) is 11.6 Å². The molecule has 0 atom stereocenters. The fourth-order valence-corrected chi connectivity index (χ4v) is 5.14. The smallest absolute Gasteiger partial charge is 0.407 e. The number of aromatic nitrogens is 4. The second-order valence-electron chi connectivity index (χ2n) is 9.60. The first-order valence-electron chi connectivity index (χ1n) is 11.5. The molecular weight excluding hydrogens is 430 g/mol. The van der Waals surface area contributed by atoms with Crippen LogP contribution < -0.4 is 10.6 Å². The van der Waals surface area contributed by atoms with Gasteiger partial charge < -0.3 is 20.6 Å². The number of halogens is 1. The Morgan fingerprint density at radius 3 is 2.59 bits per heavy atom. The van der Waals surface area contributed by atoms with Crippen molar-refractivity contribution in [3.63, 3.8) is 0 Å². The average Bonchev–Trinajstić information content (AvgIpc) is 3.49. The Morgan fingerprint density at radius 2 is 1.91 bits per heavy atom. The van der Waals surface area contributed by atoms with Gasteiger partial charge in [0, 0.05) is 31.9 Å². The van der Waals surface area contributed by atoms with Crippen LogP contribution in [0.15, 0.2) is 18.6 Å². The van der Waals surface area contributed by atoms with Gasteiger partial charge in [0.15, 0.2) is 5.82 Å². The zero-order chi connectivity index (χ0) is 22.1. The first-order chi connectivity index (χ1) is 15.5. The lowest BCUT2D eigenvalue weighted by atomic mass is 9.67. The molecule has 1 amide bonds. The van der Waals surface area contributed by atoms with Crippen LogP contribution in [-0.4, -0.2) is 55.0 Å². The van der Waals surface area contributed by atoms with E-state index in [0.29, 0.717) is 35.9 Å². The van der Waals surface area contributed by atoms with E-state index in [1.807, 2.05) is 10.9 Å². The molecular formula is C22H30ClN7O2. The van der Waals surface area contributed by atoms with Gasteiger partial charge in [0.1, 0.15) is 5.02 Å². The van der Waals surface area contributed by atoms with E-state index in [0.717, 1.165) is 56.7 Å². The summed E-state index contributed by atoms with van der Waals surface area (Å²) < 4.78 is 1.97. The number of hydrogen-bond acceptors (Lipinski definition) is 6. The van der Waals surface area contributed by atoms with Gasteiger partial charge in [-0.2, -0.15) is 10.1 Å². The van der Waals surface area contributed by atoms with E-state index in [-0.39, 0.29) is 5.41 Å². The third-order valence-corrected chi connectivity index (χ3v) is 7.53. The Kier molecular flexibility index (Phi) is 5.84. The number of anilines is 3. The Hall–Kier alpha value is -2.55. The highest BCUT2D eigenvalue weighted by Gasteiger charge is 2.39. The second kappa shape index (κ2) is 8.77. The molecule has 32 heavy (non-hydrogen) atoms. The predicted octanol–water partition coefficient (Wildman–Crippen LogP) is 4.59. The van der Waals surface area contributed by atoms with Crippen molar-refractivity contribution in [2.45, 2.75) is 64.0 Å². The molecule has 9 nitrogen and oxygen atoms in total. The number of carboxylic acid groups (broad SMARTS) is 1. The van der Waals surface area contributed by atoms with Crippen molar-refractivity contribution in [3.05, 3.63) is 23.6 Å². The topological polar surface area (TPSA) is 108 Å². The molecule has 2 saturated carbocycles. The minimum Gasteiger partial charge on any atom is -0.465 e. The maximum Gasteiger partial charge on any atom is 0.407 e. The molecule has 2 aromatic heterocycles. The van der Waals surface area contributed by atoms with Crippen LogP contribution in [-0.2, 0) is 6.54 Å². The highest BCUT2D eigenvalue weighted by molar-refractivity contribution is 6.32. The number of rotatable bonds is 6. The van der Waals surface area contributed by atoms with E-state index in [1.54, 1.807) is 17.3 Å². The zero-order valence-electron chi connectivity index (χ0n) is 18.1. The minimum absolute atomic E-state index is 0.285. The van der Waals surface area contributed by atoms with Gasteiger partial charge in [0.25, 0.3) is 0 Å². The number of nitrogens with one attached hydrogen (secondary N) is 2. The normalized spacial score (nSPS) is 21.0. The summed E-state index contributed by atoms with van der Waals surface area (Å²) in [7, 11) is 0. The highest BCUT2D eigenvalue weighted by atomic mass is 35.5. The number of nitrogens with zero attached hydrogens (tertiary/aromatic N) is 5. The standard InChI is InChI=1S/C22H30ClN7O2/c23-18-12-24-20(27-17-11-25-30(14-17)13-15-1-2-15)28-19(18)26-16-3-5-22(6-4-16)7-9-29(10-8-22)21(31)32/h11-12,14-16H,1-10,13H2,(H,31,32)(H2,24,26,27,28). The molecule has 172 valence electrons. The van der Waals surface area contributed by atoms with Crippen LogP contribution in [0.5, 0.6) is 0 Å². The van der Waals surface area contributed by atoms with Gasteiger partial charge in [-0.25, -0.2) is 9.78 Å². The fraction of sp³-hybridized carbons (Fsp3) is 0.636. The van der Waals surface area contributed by atoms with Crippen LogP contribution in [0.2, 0.25) is 5.02 Å². The van der Waals surface area contributed by atoms with Crippen molar-refractivity contribution in [2.24, 2.45) is 11.3 Å². The molecule has 5 rings (SSSR count). The van der Waals surface area contributed by atoms with E-state index >= 15 is 0 Å². The first-order valence-corrected chi connectivity index (χ1v) is 11.9. The Morgan fingerprint density at radius 1 is 1.16 bits per heavy atom. The van der Waals surface area contributed by atoms with Gasteiger partial charge in [0.2, 0.25) is 5.95 Å². The molecule has 3 fully saturated rings. The van der Waals surface area contributed by atoms with E-state index < -0.39 is 6.09 Å². The fourth-order valence-electron chi connectivity index (χ4n) is 4.99. The molecule has 3 N–H and O–H groups in total. The molecule has 10 heteroatoms. The van der Waals surface area contributed by atoms with Crippen molar-refractivity contribution in [3.8, 4) is 0 Å². The SMILES string of the molecule is O=C(O)N1CCC2(CCC(Nc3nc(Nc4cnn(CC5CC5)c4)ncc3Cl)CC2)CC1. The summed E-state index contributed by atoms with van der Waals surface area (Å²) in [6.45, 7) is 2.27. The van der Waals surface area contributed by atoms with Crippen molar-refractivity contribution < 1.29 is 9.90 Å². The summed E-state index contributed by atoms with van der Waals surface area (Å²) in [4.78, 5) is 21.6. The summed E-state index contributed by atoms with van der Waals surface area (Å²) in [6.07, 6.45) is 13.4. The first kappa shape index (κ1) is 21.3. The van der Waals surface area contributed by atoms with Crippen LogP contribution in [0.25, 0.3) is 0 Å². The van der Waals surface area contributed by atoms with E-state index in [4.69, 9.17) is 11.6 Å². The van der Waals surface area contributed by atoms with Crippen LogP contribution >= 0.6 is 11.6 Å². The monoisotopic (exact) mass is 459 g/mol. The van der Waals surface area contributed by atoms with Crippen LogP contribution in [0.3, 0.4) is 0 Å². The quantitative estimate of drug-likeness (QED) is 0.579. The molecule has 1 spiro atoms. The summed E-state index contributed by atoms with van der Waals surface area (Å²) in [5, 5.41) is 20.8. The van der Waals surface area contributed by atoms with E-state index in [1.165, 1.54) is 12.8 Å².